The molecule has 0 aliphatic heterocycles. The molecule has 0 aliphatic rings. The molecule has 1 aromatic rings. The van der Waals surface area contributed by atoms with Crippen molar-refractivity contribution >= 4 is 18.2 Å². The molecule has 14 heavy (non-hydrogen) atoms. The molecule has 0 fully saturated rings. The van der Waals surface area contributed by atoms with E-state index in [0.717, 1.165) is 11.3 Å². The predicted molar refractivity (Wildman–Crippen MR) is 57.4 cm³/mol. The minimum Gasteiger partial charge on any atom is -0.497 e. The number of benzene rings is 1. The molecule has 5 heteroatoms. The molecular formula is C9H13ClN2O2. The summed E-state index contributed by atoms with van der Waals surface area (Å²) in [6, 6.07) is 7.44. The van der Waals surface area contributed by atoms with Gasteiger partial charge in [-0.25, -0.2) is 0 Å². The lowest BCUT2D eigenvalue weighted by Gasteiger charge is -2.02. The van der Waals surface area contributed by atoms with Crippen LogP contribution in [-0.2, 0) is 6.42 Å². The molecule has 0 saturated heterocycles. The number of hydrogen-bond acceptors (Lipinski definition) is 3. The highest BCUT2D eigenvalue weighted by Gasteiger charge is 1.98. The van der Waals surface area contributed by atoms with Crippen molar-refractivity contribution in [3.05, 3.63) is 29.8 Å². The molecule has 0 amide bonds. The molecule has 0 aromatic heterocycles. The molecule has 3 N–H and O–H groups in total. The topological polar surface area (TPSA) is 67.8 Å². The zero-order valence-electron chi connectivity index (χ0n) is 7.80. The van der Waals surface area contributed by atoms with Crippen molar-refractivity contribution in [1.29, 1.82) is 0 Å². The third-order valence-corrected chi connectivity index (χ3v) is 1.65. The smallest absolute Gasteiger partial charge is 0.143 e. The molecule has 0 aliphatic carbocycles. The fraction of sp³-hybridized carbons (Fsp3) is 0.222. The number of methoxy groups -OCH3 is 1. The molecular weight excluding hydrogens is 204 g/mol. The van der Waals surface area contributed by atoms with Crippen LogP contribution >= 0.6 is 12.4 Å². The van der Waals surface area contributed by atoms with Crippen LogP contribution in [0.25, 0.3) is 0 Å². The number of ether oxygens (including phenoxy) is 1. The Hall–Kier alpha value is -1.42. The van der Waals surface area contributed by atoms with Gasteiger partial charge in [-0.15, -0.1) is 12.4 Å². The summed E-state index contributed by atoms with van der Waals surface area (Å²) in [5.41, 5.74) is 6.31. The van der Waals surface area contributed by atoms with Crippen molar-refractivity contribution in [2.75, 3.05) is 7.11 Å². The number of oxime groups is 1. The monoisotopic (exact) mass is 216 g/mol. The first-order valence-electron chi connectivity index (χ1n) is 3.85. The summed E-state index contributed by atoms with van der Waals surface area (Å²) in [6.45, 7) is 0. The minimum atomic E-state index is 0. The average Bonchev–Trinajstić information content (AvgIpc) is 2.18. The van der Waals surface area contributed by atoms with Gasteiger partial charge in [0.25, 0.3) is 0 Å². The summed E-state index contributed by atoms with van der Waals surface area (Å²) < 4.78 is 5.03. The molecule has 0 saturated carbocycles. The molecule has 78 valence electrons. The van der Waals surface area contributed by atoms with Gasteiger partial charge in [-0.2, -0.15) is 0 Å². The molecule has 4 nitrogen and oxygen atoms in total. The van der Waals surface area contributed by atoms with Crippen LogP contribution in [0.3, 0.4) is 0 Å². The van der Waals surface area contributed by atoms with Crippen molar-refractivity contribution in [2.45, 2.75) is 6.42 Å². The van der Waals surface area contributed by atoms with Crippen LogP contribution in [0, 0.1) is 0 Å². The minimum absolute atomic E-state index is 0. The van der Waals surface area contributed by atoms with Crippen LogP contribution in [-0.4, -0.2) is 18.2 Å². The second-order valence-electron chi connectivity index (χ2n) is 2.62. The van der Waals surface area contributed by atoms with Gasteiger partial charge in [0.15, 0.2) is 0 Å². The summed E-state index contributed by atoms with van der Waals surface area (Å²) in [5.74, 6) is 0.955. The second kappa shape index (κ2) is 6.10. The zero-order chi connectivity index (χ0) is 9.68. The Balaban J connectivity index is 0.00000169. The van der Waals surface area contributed by atoms with Crippen molar-refractivity contribution in [2.24, 2.45) is 10.9 Å². The molecule has 0 radical (unpaired) electrons. The first kappa shape index (κ1) is 12.6. The Labute approximate surface area is 88.8 Å². The van der Waals surface area contributed by atoms with Crippen LogP contribution in [0.4, 0.5) is 0 Å². The Bertz CT molecular complexity index is 315. The summed E-state index contributed by atoms with van der Waals surface area (Å²) in [7, 11) is 1.60. The fourth-order valence-corrected chi connectivity index (χ4v) is 1.03. The highest BCUT2D eigenvalue weighted by Crippen LogP contribution is 2.12. The number of amidine groups is 1. The van der Waals surface area contributed by atoms with Crippen LogP contribution in [0.5, 0.6) is 5.75 Å². The van der Waals surface area contributed by atoms with E-state index in [2.05, 4.69) is 5.16 Å². The molecule has 0 heterocycles. The van der Waals surface area contributed by atoms with E-state index in [-0.39, 0.29) is 18.2 Å². The standard InChI is InChI=1S/C9H12N2O2.ClH/c1-13-8-4-2-3-7(5-8)6-9(10)11-12;/h2-5,12H,6H2,1H3,(H2,10,11);1H. The maximum absolute atomic E-state index is 8.35. The van der Waals surface area contributed by atoms with E-state index in [9.17, 15) is 0 Å². The van der Waals surface area contributed by atoms with Crippen LogP contribution in [0.15, 0.2) is 29.4 Å². The van der Waals surface area contributed by atoms with Crippen molar-refractivity contribution in [1.82, 2.24) is 0 Å². The van der Waals surface area contributed by atoms with Gasteiger partial charge in [-0.05, 0) is 17.7 Å². The van der Waals surface area contributed by atoms with Crippen LogP contribution in [0.1, 0.15) is 5.56 Å². The van der Waals surface area contributed by atoms with Crippen molar-refractivity contribution < 1.29 is 9.94 Å². The van der Waals surface area contributed by atoms with Gasteiger partial charge < -0.3 is 15.7 Å². The Kier molecular flexibility index (Phi) is 5.48. The molecule has 0 atom stereocenters. The fourth-order valence-electron chi connectivity index (χ4n) is 1.03. The quantitative estimate of drug-likeness (QED) is 0.347. The number of nitrogens with two attached hydrogens (primary N) is 1. The van der Waals surface area contributed by atoms with Gasteiger partial charge in [0.2, 0.25) is 0 Å². The number of hydrogen-bond donors (Lipinski definition) is 2. The van der Waals surface area contributed by atoms with E-state index in [4.69, 9.17) is 15.7 Å². The maximum Gasteiger partial charge on any atom is 0.143 e. The largest absolute Gasteiger partial charge is 0.497 e. The van der Waals surface area contributed by atoms with Gasteiger partial charge in [0.05, 0.1) is 7.11 Å². The van der Waals surface area contributed by atoms with Crippen LogP contribution < -0.4 is 10.5 Å². The average molecular weight is 217 g/mol. The first-order chi connectivity index (χ1) is 6.26. The zero-order valence-corrected chi connectivity index (χ0v) is 8.62. The predicted octanol–water partition coefficient (Wildman–Crippen LogP) is 1.41. The first-order valence-corrected chi connectivity index (χ1v) is 3.85. The lowest BCUT2D eigenvalue weighted by atomic mass is 10.1. The van der Waals surface area contributed by atoms with Crippen LogP contribution in [0.2, 0.25) is 0 Å². The van der Waals surface area contributed by atoms with Gasteiger partial charge in [-0.3, -0.25) is 0 Å². The third-order valence-electron chi connectivity index (χ3n) is 1.65. The van der Waals surface area contributed by atoms with Gasteiger partial charge >= 0.3 is 0 Å². The molecule has 1 aromatic carbocycles. The van der Waals surface area contributed by atoms with E-state index in [1.807, 2.05) is 24.3 Å². The molecule has 0 bridgehead atoms. The number of nitrogens with zero attached hydrogens (tertiary/aromatic N) is 1. The summed E-state index contributed by atoms with van der Waals surface area (Å²) >= 11 is 0. The second-order valence-corrected chi connectivity index (χ2v) is 2.62. The highest BCUT2D eigenvalue weighted by molar-refractivity contribution is 5.85. The van der Waals surface area contributed by atoms with Crippen molar-refractivity contribution in [3.8, 4) is 5.75 Å². The van der Waals surface area contributed by atoms with E-state index >= 15 is 0 Å². The Morgan fingerprint density at radius 3 is 2.86 bits per heavy atom. The third kappa shape index (κ3) is 3.53. The van der Waals surface area contributed by atoms with Gasteiger partial charge in [0, 0.05) is 6.42 Å². The summed E-state index contributed by atoms with van der Waals surface area (Å²) in [4.78, 5) is 0. The van der Waals surface area contributed by atoms with Crippen molar-refractivity contribution in [3.63, 3.8) is 0 Å². The molecule has 0 unspecified atom stereocenters. The lowest BCUT2D eigenvalue weighted by Crippen LogP contribution is -2.14. The SMILES string of the molecule is COc1cccc(C/C(N)=N/O)c1.Cl. The lowest BCUT2D eigenvalue weighted by molar-refractivity contribution is 0.317. The molecule has 0 spiro atoms. The maximum atomic E-state index is 8.35. The highest BCUT2D eigenvalue weighted by atomic mass is 35.5. The number of halogens is 1. The van der Waals surface area contributed by atoms with E-state index in [0.29, 0.717) is 6.42 Å². The Morgan fingerprint density at radius 1 is 1.57 bits per heavy atom. The summed E-state index contributed by atoms with van der Waals surface area (Å²) in [5, 5.41) is 11.2. The van der Waals surface area contributed by atoms with E-state index < -0.39 is 0 Å². The van der Waals surface area contributed by atoms with Gasteiger partial charge in [0.1, 0.15) is 11.6 Å². The normalized spacial score (nSPS) is 10.5. The molecule has 1 rings (SSSR count). The van der Waals surface area contributed by atoms with Gasteiger partial charge in [-0.1, -0.05) is 17.3 Å². The number of rotatable bonds is 3. The van der Waals surface area contributed by atoms with E-state index in [1.165, 1.54) is 0 Å². The Morgan fingerprint density at radius 2 is 2.29 bits per heavy atom. The van der Waals surface area contributed by atoms with E-state index in [1.54, 1.807) is 7.11 Å². The summed E-state index contributed by atoms with van der Waals surface area (Å²) in [6.07, 6.45) is 0.424.